The first kappa shape index (κ1) is 8.90. The second-order valence-electron chi connectivity index (χ2n) is 2.21. The van der Waals surface area contributed by atoms with Crippen LogP contribution in [-0.4, -0.2) is 6.47 Å². The standard InChI is InChI=1S/C11H6O2/c1-3-9-5-6-11(13-8-12)10(4-2)7-9/h1-2,5-8H. The van der Waals surface area contributed by atoms with Gasteiger partial charge in [-0.2, -0.15) is 0 Å². The Labute approximate surface area is 76.5 Å². The van der Waals surface area contributed by atoms with Gasteiger partial charge in [0.15, 0.2) is 0 Å². The number of carbonyl (C=O) groups excluding carboxylic acids is 1. The maximum absolute atomic E-state index is 10.1. The number of benzene rings is 1. The third kappa shape index (κ3) is 1.89. The molecule has 0 bridgehead atoms. The molecule has 0 aliphatic carbocycles. The third-order valence-corrected chi connectivity index (χ3v) is 1.48. The van der Waals surface area contributed by atoms with Gasteiger partial charge in [-0.25, -0.2) is 0 Å². The van der Waals surface area contributed by atoms with E-state index in [1.807, 2.05) is 0 Å². The van der Waals surface area contributed by atoms with E-state index in [-0.39, 0.29) is 0 Å². The molecule has 2 nitrogen and oxygen atoms in total. The number of terminal acetylenes is 2. The van der Waals surface area contributed by atoms with E-state index in [0.717, 1.165) is 0 Å². The zero-order chi connectivity index (χ0) is 9.68. The van der Waals surface area contributed by atoms with Crippen molar-refractivity contribution in [2.24, 2.45) is 0 Å². The number of hydrogen-bond acceptors (Lipinski definition) is 2. The third-order valence-electron chi connectivity index (χ3n) is 1.48. The van der Waals surface area contributed by atoms with Crippen LogP contribution >= 0.6 is 0 Å². The van der Waals surface area contributed by atoms with Gasteiger partial charge in [-0.05, 0) is 18.2 Å². The van der Waals surface area contributed by atoms with Crippen LogP contribution < -0.4 is 4.74 Å². The van der Waals surface area contributed by atoms with E-state index in [9.17, 15) is 4.79 Å². The van der Waals surface area contributed by atoms with Gasteiger partial charge >= 0.3 is 0 Å². The van der Waals surface area contributed by atoms with E-state index in [1.54, 1.807) is 18.2 Å². The Hall–Kier alpha value is -2.19. The molecule has 0 aromatic heterocycles. The summed E-state index contributed by atoms with van der Waals surface area (Å²) in [5.74, 6) is 5.15. The van der Waals surface area contributed by atoms with Crippen molar-refractivity contribution in [1.82, 2.24) is 0 Å². The Morgan fingerprint density at radius 2 is 2.08 bits per heavy atom. The Morgan fingerprint density at radius 3 is 2.62 bits per heavy atom. The second-order valence-corrected chi connectivity index (χ2v) is 2.21. The van der Waals surface area contributed by atoms with Crippen molar-refractivity contribution in [3.63, 3.8) is 0 Å². The zero-order valence-electron chi connectivity index (χ0n) is 6.78. The fourth-order valence-corrected chi connectivity index (χ4v) is 0.887. The minimum absolute atomic E-state index is 0.325. The van der Waals surface area contributed by atoms with Crippen molar-refractivity contribution in [2.75, 3.05) is 0 Å². The highest BCUT2D eigenvalue weighted by Crippen LogP contribution is 2.17. The lowest BCUT2D eigenvalue weighted by atomic mass is 10.1. The number of rotatable bonds is 2. The fourth-order valence-electron chi connectivity index (χ4n) is 0.887. The lowest BCUT2D eigenvalue weighted by molar-refractivity contribution is -0.120. The minimum Gasteiger partial charge on any atom is -0.427 e. The van der Waals surface area contributed by atoms with Crippen LogP contribution in [0.2, 0.25) is 0 Å². The molecule has 0 saturated heterocycles. The van der Waals surface area contributed by atoms with Gasteiger partial charge in [0.25, 0.3) is 6.47 Å². The molecule has 13 heavy (non-hydrogen) atoms. The summed E-state index contributed by atoms with van der Waals surface area (Å²) in [6.45, 7) is 0.325. The molecule has 0 heterocycles. The van der Waals surface area contributed by atoms with Crippen LogP contribution in [0.1, 0.15) is 11.1 Å². The van der Waals surface area contributed by atoms with E-state index >= 15 is 0 Å². The maximum atomic E-state index is 10.1. The Morgan fingerprint density at radius 1 is 1.31 bits per heavy atom. The van der Waals surface area contributed by atoms with E-state index in [4.69, 9.17) is 12.8 Å². The van der Waals surface area contributed by atoms with E-state index in [1.165, 1.54) is 0 Å². The molecule has 0 fully saturated rings. The normalized spacial score (nSPS) is 8.15. The van der Waals surface area contributed by atoms with Crippen molar-refractivity contribution in [2.45, 2.75) is 0 Å². The van der Waals surface area contributed by atoms with Gasteiger partial charge in [0.05, 0.1) is 5.56 Å². The van der Waals surface area contributed by atoms with Crippen LogP contribution in [0, 0.1) is 24.7 Å². The first-order valence-corrected chi connectivity index (χ1v) is 3.49. The van der Waals surface area contributed by atoms with Crippen LogP contribution in [-0.2, 0) is 4.79 Å². The fraction of sp³-hybridized carbons (Fsp3) is 0. The largest absolute Gasteiger partial charge is 0.427 e. The SMILES string of the molecule is C#Cc1ccc(OC=O)c(C#C)c1. The Balaban J connectivity index is 3.19. The summed E-state index contributed by atoms with van der Waals surface area (Å²) in [6, 6.07) is 4.83. The van der Waals surface area contributed by atoms with Crippen LogP contribution in [0.3, 0.4) is 0 Å². The van der Waals surface area contributed by atoms with Gasteiger partial charge < -0.3 is 4.74 Å². The van der Waals surface area contributed by atoms with Crippen LogP contribution in [0.25, 0.3) is 0 Å². The summed E-state index contributed by atoms with van der Waals surface area (Å²) < 4.78 is 4.64. The zero-order valence-corrected chi connectivity index (χ0v) is 6.78. The highest BCUT2D eigenvalue weighted by Gasteiger charge is 2.00. The molecule has 0 saturated carbocycles. The topological polar surface area (TPSA) is 26.3 Å². The van der Waals surface area contributed by atoms with Crippen molar-refractivity contribution >= 4 is 6.47 Å². The molecule has 1 aromatic rings. The molecule has 0 radical (unpaired) electrons. The molecule has 0 unspecified atom stereocenters. The highest BCUT2D eigenvalue weighted by molar-refractivity contribution is 5.55. The average Bonchev–Trinajstić information content (AvgIpc) is 2.19. The molecule has 0 amide bonds. The minimum atomic E-state index is 0.325. The first-order chi connectivity index (χ1) is 6.31. The Kier molecular flexibility index (Phi) is 2.73. The van der Waals surface area contributed by atoms with E-state index in [2.05, 4.69) is 16.6 Å². The summed E-state index contributed by atoms with van der Waals surface area (Å²) in [7, 11) is 0. The van der Waals surface area contributed by atoms with Gasteiger partial charge in [0.2, 0.25) is 0 Å². The smallest absolute Gasteiger partial charge is 0.298 e. The second kappa shape index (κ2) is 3.99. The van der Waals surface area contributed by atoms with Gasteiger partial charge in [0.1, 0.15) is 5.75 Å². The molecule has 1 rings (SSSR count). The first-order valence-electron chi connectivity index (χ1n) is 3.49. The van der Waals surface area contributed by atoms with Gasteiger partial charge in [-0.1, -0.05) is 11.8 Å². The summed E-state index contributed by atoms with van der Waals surface area (Å²) in [5.41, 5.74) is 1.13. The highest BCUT2D eigenvalue weighted by atomic mass is 16.5. The summed E-state index contributed by atoms with van der Waals surface area (Å²) in [4.78, 5) is 10.1. The monoisotopic (exact) mass is 170 g/mol. The molecular weight excluding hydrogens is 164 g/mol. The van der Waals surface area contributed by atoms with E-state index < -0.39 is 0 Å². The van der Waals surface area contributed by atoms with Gasteiger partial charge in [-0.3, -0.25) is 4.79 Å². The summed E-state index contributed by atoms with van der Waals surface area (Å²) in [6.07, 6.45) is 10.4. The molecule has 2 heteroatoms. The predicted octanol–water partition coefficient (Wildman–Crippen LogP) is 1.18. The van der Waals surface area contributed by atoms with Crippen molar-refractivity contribution in [1.29, 1.82) is 0 Å². The number of carbonyl (C=O) groups is 1. The van der Waals surface area contributed by atoms with Crippen LogP contribution in [0.4, 0.5) is 0 Å². The molecule has 0 N–H and O–H groups in total. The van der Waals surface area contributed by atoms with E-state index in [0.29, 0.717) is 23.3 Å². The van der Waals surface area contributed by atoms with Crippen LogP contribution in [0.15, 0.2) is 18.2 Å². The number of hydrogen-bond donors (Lipinski definition) is 0. The van der Waals surface area contributed by atoms with Crippen LogP contribution in [0.5, 0.6) is 5.75 Å². The molecule has 0 aliphatic heterocycles. The molecule has 1 aromatic carbocycles. The maximum Gasteiger partial charge on any atom is 0.298 e. The number of ether oxygens (including phenoxy) is 1. The molecule has 0 atom stereocenters. The van der Waals surface area contributed by atoms with Crippen molar-refractivity contribution in [3.8, 4) is 30.4 Å². The average molecular weight is 170 g/mol. The molecule has 62 valence electrons. The van der Waals surface area contributed by atoms with Gasteiger partial charge in [-0.15, -0.1) is 12.8 Å². The molecule has 0 aliphatic rings. The summed E-state index contributed by atoms with van der Waals surface area (Å²) in [5, 5.41) is 0. The Bertz CT molecular complexity index is 405. The quantitative estimate of drug-likeness (QED) is 0.492. The summed E-state index contributed by atoms with van der Waals surface area (Å²) >= 11 is 0. The molecule has 0 spiro atoms. The van der Waals surface area contributed by atoms with Crippen molar-refractivity contribution in [3.05, 3.63) is 29.3 Å². The van der Waals surface area contributed by atoms with Crippen molar-refractivity contribution < 1.29 is 9.53 Å². The lowest BCUT2D eigenvalue weighted by Crippen LogP contribution is -1.92. The van der Waals surface area contributed by atoms with Gasteiger partial charge in [0, 0.05) is 5.56 Å². The molecular formula is C11H6O2. The predicted molar refractivity (Wildman–Crippen MR) is 49.0 cm³/mol. The lowest BCUT2D eigenvalue weighted by Gasteiger charge is -2.01.